The quantitative estimate of drug-likeness (QED) is 0.764. The highest BCUT2D eigenvalue weighted by molar-refractivity contribution is 5.90. The minimum atomic E-state index is -1.01. The van der Waals surface area contributed by atoms with Gasteiger partial charge in [-0.3, -0.25) is 4.79 Å². The number of piperidine rings is 1. The van der Waals surface area contributed by atoms with E-state index in [0.717, 1.165) is 31.4 Å². The highest BCUT2D eigenvalue weighted by Gasteiger charge is 2.36. The van der Waals surface area contributed by atoms with Crippen LogP contribution >= 0.6 is 0 Å². The van der Waals surface area contributed by atoms with Gasteiger partial charge in [0.1, 0.15) is 6.04 Å². The summed E-state index contributed by atoms with van der Waals surface area (Å²) in [6, 6.07) is 8.43. The lowest BCUT2D eigenvalue weighted by Gasteiger charge is -2.34. The van der Waals surface area contributed by atoms with Crippen molar-refractivity contribution in [3.63, 3.8) is 0 Å². The minimum Gasteiger partial charge on any atom is -0.480 e. The lowest BCUT2D eigenvalue weighted by molar-refractivity contribution is -0.143. The molecule has 1 fully saturated rings. The van der Waals surface area contributed by atoms with Crippen LogP contribution in [-0.4, -0.2) is 35.1 Å². The fourth-order valence-corrected chi connectivity index (χ4v) is 2.62. The molecule has 0 bridgehead atoms. The van der Waals surface area contributed by atoms with Crippen molar-refractivity contribution in [2.45, 2.75) is 44.2 Å². The average Bonchev–Trinajstić information content (AvgIpc) is 2.48. The lowest BCUT2D eigenvalue weighted by atomic mass is 9.89. The van der Waals surface area contributed by atoms with E-state index in [2.05, 4.69) is 10.6 Å². The molecule has 1 amide bonds. The summed E-state index contributed by atoms with van der Waals surface area (Å²) in [5.41, 5.74) is 0.231. The molecule has 0 radical (unpaired) electrons. The number of amides is 1. The van der Waals surface area contributed by atoms with E-state index in [1.807, 2.05) is 37.3 Å². The first-order valence-corrected chi connectivity index (χ1v) is 7.34. The zero-order valence-corrected chi connectivity index (χ0v) is 12.3. The third-order valence-electron chi connectivity index (χ3n) is 4.01. The molecular formula is C16H22N2O3. The van der Waals surface area contributed by atoms with Crippen molar-refractivity contribution in [2.75, 3.05) is 6.54 Å². The van der Waals surface area contributed by atoms with E-state index in [0.29, 0.717) is 0 Å². The van der Waals surface area contributed by atoms with Gasteiger partial charge in [-0.15, -0.1) is 0 Å². The minimum absolute atomic E-state index is 0.231. The third-order valence-corrected chi connectivity index (χ3v) is 4.01. The van der Waals surface area contributed by atoms with Gasteiger partial charge in [-0.2, -0.15) is 0 Å². The van der Waals surface area contributed by atoms with Gasteiger partial charge >= 0.3 is 5.97 Å². The van der Waals surface area contributed by atoms with Crippen LogP contribution in [0.5, 0.6) is 0 Å². The second kappa shape index (κ2) is 6.72. The SMILES string of the molecule is CC1(C(=O)NC(Cc2ccccc2)C(=O)O)CCCCN1. The van der Waals surface area contributed by atoms with Crippen molar-refractivity contribution in [2.24, 2.45) is 0 Å². The van der Waals surface area contributed by atoms with Gasteiger partial charge < -0.3 is 15.7 Å². The summed E-state index contributed by atoms with van der Waals surface area (Å²) in [7, 11) is 0. The average molecular weight is 290 g/mol. The summed E-state index contributed by atoms with van der Waals surface area (Å²) in [4.78, 5) is 23.8. The number of carboxylic acids is 1. The molecule has 5 nitrogen and oxygen atoms in total. The molecule has 1 aliphatic heterocycles. The normalized spacial score (nSPS) is 23.3. The zero-order chi connectivity index (χ0) is 15.3. The summed E-state index contributed by atoms with van der Waals surface area (Å²) in [5, 5.41) is 15.2. The maximum Gasteiger partial charge on any atom is 0.326 e. The molecule has 0 aliphatic carbocycles. The van der Waals surface area contributed by atoms with Crippen LogP contribution in [0.1, 0.15) is 31.7 Å². The Hall–Kier alpha value is -1.88. The summed E-state index contributed by atoms with van der Waals surface area (Å²) in [6.07, 6.45) is 3.05. The molecule has 114 valence electrons. The molecule has 1 aromatic carbocycles. The molecule has 1 aromatic rings. The van der Waals surface area contributed by atoms with Crippen LogP contribution in [0.2, 0.25) is 0 Å². The van der Waals surface area contributed by atoms with Crippen LogP contribution in [0.25, 0.3) is 0 Å². The number of rotatable bonds is 5. The highest BCUT2D eigenvalue weighted by Crippen LogP contribution is 2.19. The first-order chi connectivity index (χ1) is 10.0. The smallest absolute Gasteiger partial charge is 0.326 e. The van der Waals surface area contributed by atoms with Gasteiger partial charge in [0.25, 0.3) is 0 Å². The first-order valence-electron chi connectivity index (χ1n) is 7.34. The number of nitrogens with one attached hydrogen (secondary N) is 2. The van der Waals surface area contributed by atoms with E-state index in [4.69, 9.17) is 0 Å². The Morgan fingerprint density at radius 2 is 2.05 bits per heavy atom. The second-order valence-corrected chi connectivity index (χ2v) is 5.77. The molecule has 2 rings (SSSR count). The lowest BCUT2D eigenvalue weighted by Crippen LogP contribution is -2.59. The van der Waals surface area contributed by atoms with E-state index in [9.17, 15) is 14.7 Å². The predicted octanol–water partition coefficient (Wildman–Crippen LogP) is 1.33. The molecule has 5 heteroatoms. The number of hydrogen-bond acceptors (Lipinski definition) is 3. The maximum absolute atomic E-state index is 12.4. The predicted molar refractivity (Wildman–Crippen MR) is 80.0 cm³/mol. The van der Waals surface area contributed by atoms with Crippen molar-refractivity contribution in [3.8, 4) is 0 Å². The van der Waals surface area contributed by atoms with Crippen LogP contribution in [0.4, 0.5) is 0 Å². The van der Waals surface area contributed by atoms with Crippen LogP contribution in [-0.2, 0) is 16.0 Å². The summed E-state index contributed by atoms with van der Waals surface area (Å²) in [6.45, 7) is 2.63. The molecule has 21 heavy (non-hydrogen) atoms. The van der Waals surface area contributed by atoms with E-state index in [-0.39, 0.29) is 12.3 Å². The topological polar surface area (TPSA) is 78.4 Å². The van der Waals surface area contributed by atoms with Crippen molar-refractivity contribution >= 4 is 11.9 Å². The van der Waals surface area contributed by atoms with Gasteiger partial charge in [0, 0.05) is 6.42 Å². The summed E-state index contributed by atoms with van der Waals surface area (Å²) >= 11 is 0. The molecule has 3 N–H and O–H groups in total. The summed E-state index contributed by atoms with van der Waals surface area (Å²) in [5.74, 6) is -1.24. The van der Waals surface area contributed by atoms with Crippen molar-refractivity contribution in [1.29, 1.82) is 0 Å². The summed E-state index contributed by atoms with van der Waals surface area (Å²) < 4.78 is 0. The standard InChI is InChI=1S/C16H22N2O3/c1-16(9-5-6-10-17-16)15(21)18-13(14(19)20)11-12-7-3-2-4-8-12/h2-4,7-8,13,17H,5-6,9-11H2,1H3,(H,18,21)(H,19,20). The molecule has 1 heterocycles. The Balaban J connectivity index is 2.02. The number of carbonyl (C=O) groups excluding carboxylic acids is 1. The molecule has 1 aliphatic rings. The van der Waals surface area contributed by atoms with Gasteiger partial charge in [0.05, 0.1) is 5.54 Å². The van der Waals surface area contributed by atoms with Gasteiger partial charge in [-0.1, -0.05) is 30.3 Å². The van der Waals surface area contributed by atoms with E-state index in [1.54, 1.807) is 0 Å². The van der Waals surface area contributed by atoms with Crippen LogP contribution in [0.15, 0.2) is 30.3 Å². The van der Waals surface area contributed by atoms with E-state index < -0.39 is 17.6 Å². The molecule has 2 unspecified atom stereocenters. The Bertz CT molecular complexity index is 496. The fraction of sp³-hybridized carbons (Fsp3) is 0.500. The molecule has 1 saturated heterocycles. The Labute approximate surface area is 124 Å². The van der Waals surface area contributed by atoms with Gasteiger partial charge in [0.15, 0.2) is 0 Å². The number of carboxylic acid groups (broad SMARTS) is 1. The highest BCUT2D eigenvalue weighted by atomic mass is 16.4. The van der Waals surface area contributed by atoms with E-state index >= 15 is 0 Å². The van der Waals surface area contributed by atoms with Gasteiger partial charge in [-0.25, -0.2) is 4.79 Å². The second-order valence-electron chi connectivity index (χ2n) is 5.77. The number of carbonyl (C=O) groups is 2. The number of hydrogen-bond donors (Lipinski definition) is 3. The third kappa shape index (κ3) is 4.04. The maximum atomic E-state index is 12.4. The molecule has 0 spiro atoms. The monoisotopic (exact) mass is 290 g/mol. The molecule has 0 aromatic heterocycles. The molecule has 0 saturated carbocycles. The van der Waals surface area contributed by atoms with Gasteiger partial charge in [-0.05, 0) is 38.3 Å². The van der Waals surface area contributed by atoms with Crippen LogP contribution in [0, 0.1) is 0 Å². The molecule has 2 atom stereocenters. The van der Waals surface area contributed by atoms with Crippen LogP contribution in [0.3, 0.4) is 0 Å². The van der Waals surface area contributed by atoms with Crippen molar-refractivity contribution < 1.29 is 14.7 Å². The Morgan fingerprint density at radius 3 is 2.62 bits per heavy atom. The Morgan fingerprint density at radius 1 is 1.33 bits per heavy atom. The van der Waals surface area contributed by atoms with E-state index in [1.165, 1.54) is 0 Å². The molecular weight excluding hydrogens is 268 g/mol. The Kier molecular flexibility index (Phi) is 4.96. The zero-order valence-electron chi connectivity index (χ0n) is 12.3. The number of aliphatic carboxylic acids is 1. The van der Waals surface area contributed by atoms with Crippen molar-refractivity contribution in [1.82, 2.24) is 10.6 Å². The van der Waals surface area contributed by atoms with Gasteiger partial charge in [0.2, 0.25) is 5.91 Å². The largest absolute Gasteiger partial charge is 0.480 e. The van der Waals surface area contributed by atoms with Crippen molar-refractivity contribution in [3.05, 3.63) is 35.9 Å². The fourth-order valence-electron chi connectivity index (χ4n) is 2.62. The van der Waals surface area contributed by atoms with Crippen LogP contribution < -0.4 is 10.6 Å². The first kappa shape index (κ1) is 15.5. The number of benzene rings is 1.